The molecular formula is C24H25F3N4O2. The molecule has 0 aliphatic heterocycles. The maximum Gasteiger partial charge on any atom is 0.573 e. The van der Waals surface area contributed by atoms with Crippen molar-refractivity contribution in [3.63, 3.8) is 0 Å². The van der Waals surface area contributed by atoms with Gasteiger partial charge in [-0.05, 0) is 66.2 Å². The highest BCUT2D eigenvalue weighted by Gasteiger charge is 2.54. The third-order valence-electron chi connectivity index (χ3n) is 7.48. The molecular weight excluding hydrogens is 433 g/mol. The number of benzene rings is 1. The van der Waals surface area contributed by atoms with Crippen LogP contribution >= 0.6 is 0 Å². The Balaban J connectivity index is 1.40. The van der Waals surface area contributed by atoms with Gasteiger partial charge >= 0.3 is 6.36 Å². The number of alkyl halides is 3. The number of ether oxygens (including phenoxy) is 1. The van der Waals surface area contributed by atoms with E-state index in [0.717, 1.165) is 18.8 Å². The SMILES string of the molecule is CC1(C)[C@H]2CC[C@@H](CC(=O)Nc3nn4cccnc4c3-c3ccc(OC(F)(F)F)cc3)[C@H]1C2. The molecule has 0 spiro atoms. The quantitative estimate of drug-likeness (QED) is 0.533. The summed E-state index contributed by atoms with van der Waals surface area (Å²) in [5, 5.41) is 7.41. The number of fused-ring (bicyclic) bond motifs is 3. The molecule has 0 unspecified atom stereocenters. The molecule has 1 amide bonds. The monoisotopic (exact) mass is 458 g/mol. The highest BCUT2D eigenvalue weighted by molar-refractivity contribution is 5.97. The number of nitrogens with one attached hydrogen (secondary N) is 1. The normalized spacial score (nSPS) is 23.7. The van der Waals surface area contributed by atoms with E-state index >= 15 is 0 Å². The number of hydrogen-bond acceptors (Lipinski definition) is 4. The zero-order valence-corrected chi connectivity index (χ0v) is 18.4. The van der Waals surface area contributed by atoms with Gasteiger partial charge in [-0.2, -0.15) is 0 Å². The second-order valence-corrected chi connectivity index (χ2v) is 9.63. The summed E-state index contributed by atoms with van der Waals surface area (Å²) in [4.78, 5) is 17.4. The van der Waals surface area contributed by atoms with Gasteiger partial charge in [-0.15, -0.1) is 18.3 Å². The lowest BCUT2D eigenvalue weighted by molar-refractivity contribution is -0.274. The maximum absolute atomic E-state index is 13.0. The van der Waals surface area contributed by atoms with E-state index in [2.05, 4.69) is 34.0 Å². The van der Waals surface area contributed by atoms with E-state index < -0.39 is 6.36 Å². The first kappa shape index (κ1) is 21.7. The zero-order chi connectivity index (χ0) is 23.4. The number of aromatic nitrogens is 3. The second kappa shape index (κ2) is 7.74. The number of nitrogens with zero attached hydrogens (tertiary/aromatic N) is 3. The summed E-state index contributed by atoms with van der Waals surface area (Å²) < 4.78 is 43.0. The fourth-order valence-corrected chi connectivity index (χ4v) is 5.69. The zero-order valence-electron chi connectivity index (χ0n) is 18.4. The Kier molecular flexibility index (Phi) is 5.10. The van der Waals surface area contributed by atoms with Gasteiger partial charge in [0.2, 0.25) is 5.91 Å². The number of anilines is 1. The summed E-state index contributed by atoms with van der Waals surface area (Å²) in [5.74, 6) is 1.59. The molecule has 3 fully saturated rings. The van der Waals surface area contributed by atoms with Crippen LogP contribution in [0.1, 0.15) is 39.5 Å². The van der Waals surface area contributed by atoms with Crippen LogP contribution in [0.15, 0.2) is 42.7 Å². The molecule has 1 N–H and O–H groups in total. The second-order valence-electron chi connectivity index (χ2n) is 9.63. The molecule has 33 heavy (non-hydrogen) atoms. The fourth-order valence-electron chi connectivity index (χ4n) is 5.69. The Morgan fingerprint density at radius 1 is 1.24 bits per heavy atom. The van der Waals surface area contributed by atoms with Crippen molar-refractivity contribution in [2.45, 2.75) is 45.9 Å². The van der Waals surface area contributed by atoms with Crippen LogP contribution in [0.5, 0.6) is 5.75 Å². The summed E-state index contributed by atoms with van der Waals surface area (Å²) in [6.45, 7) is 4.60. The van der Waals surface area contributed by atoms with E-state index in [-0.39, 0.29) is 11.7 Å². The Morgan fingerprint density at radius 3 is 2.67 bits per heavy atom. The summed E-state index contributed by atoms with van der Waals surface area (Å²) in [5.41, 5.74) is 1.92. The van der Waals surface area contributed by atoms with Gasteiger partial charge < -0.3 is 10.1 Å². The Hall–Kier alpha value is -3.10. The van der Waals surface area contributed by atoms with Crippen molar-refractivity contribution in [1.82, 2.24) is 14.6 Å². The minimum Gasteiger partial charge on any atom is -0.406 e. The molecule has 2 heterocycles. The molecule has 9 heteroatoms. The standard InChI is InChI=1S/C24H25F3N4O2/c1-23(2)16-7-4-15(18(23)13-16)12-19(32)29-21-20(22-28-10-3-11-31(22)30-21)14-5-8-17(9-6-14)33-24(25,26)27/h3,5-6,8-11,15-16,18H,4,7,12-13H2,1-2H3,(H,29,30,32)/t15-,16-,18+/m0/s1. The number of carbonyl (C=O) groups is 1. The van der Waals surface area contributed by atoms with Crippen molar-refractivity contribution >= 4 is 17.4 Å². The van der Waals surface area contributed by atoms with Gasteiger partial charge in [0.25, 0.3) is 0 Å². The van der Waals surface area contributed by atoms with Crippen LogP contribution in [-0.2, 0) is 4.79 Å². The molecule has 0 radical (unpaired) electrons. The van der Waals surface area contributed by atoms with Gasteiger partial charge in [-0.1, -0.05) is 26.0 Å². The predicted molar refractivity (Wildman–Crippen MR) is 116 cm³/mol. The first-order valence-electron chi connectivity index (χ1n) is 11.1. The first-order chi connectivity index (χ1) is 15.6. The van der Waals surface area contributed by atoms with E-state index in [9.17, 15) is 18.0 Å². The lowest BCUT2D eigenvalue weighted by atomic mass is 9.45. The molecule has 3 aliphatic rings. The topological polar surface area (TPSA) is 68.5 Å². The molecule has 0 saturated heterocycles. The van der Waals surface area contributed by atoms with E-state index in [1.807, 2.05) is 0 Å². The Bertz CT molecular complexity index is 1180. The summed E-state index contributed by atoms with van der Waals surface area (Å²) in [6, 6.07) is 7.18. The molecule has 3 aliphatic carbocycles. The van der Waals surface area contributed by atoms with Crippen LogP contribution in [0.25, 0.3) is 16.8 Å². The van der Waals surface area contributed by atoms with Crippen LogP contribution in [-0.4, -0.2) is 26.9 Å². The molecule has 3 aromatic rings. The molecule has 3 saturated carbocycles. The fraction of sp³-hybridized carbons (Fsp3) is 0.458. The van der Waals surface area contributed by atoms with Crippen LogP contribution in [0, 0.1) is 23.2 Å². The van der Waals surface area contributed by atoms with Crippen LogP contribution in [0.3, 0.4) is 0 Å². The third kappa shape index (κ3) is 4.05. The van der Waals surface area contributed by atoms with Crippen molar-refractivity contribution < 1.29 is 22.7 Å². The molecule has 3 atom stereocenters. The molecule has 6 nitrogen and oxygen atoms in total. The third-order valence-corrected chi connectivity index (χ3v) is 7.48. The average Bonchev–Trinajstić information content (AvgIpc) is 3.10. The van der Waals surface area contributed by atoms with Crippen molar-refractivity contribution in [1.29, 1.82) is 0 Å². The molecule has 2 bridgehead atoms. The summed E-state index contributed by atoms with van der Waals surface area (Å²) >= 11 is 0. The lowest BCUT2D eigenvalue weighted by Gasteiger charge is -2.60. The van der Waals surface area contributed by atoms with Crippen molar-refractivity contribution in [3.05, 3.63) is 42.7 Å². The molecule has 174 valence electrons. The van der Waals surface area contributed by atoms with Crippen molar-refractivity contribution in [2.75, 3.05) is 5.32 Å². The van der Waals surface area contributed by atoms with E-state index in [4.69, 9.17) is 0 Å². The Morgan fingerprint density at radius 2 is 2.00 bits per heavy atom. The van der Waals surface area contributed by atoms with Gasteiger partial charge in [0.05, 0.1) is 5.56 Å². The average molecular weight is 458 g/mol. The van der Waals surface area contributed by atoms with Crippen molar-refractivity contribution in [2.24, 2.45) is 23.2 Å². The number of halogens is 3. The Labute approximate surface area is 189 Å². The predicted octanol–water partition coefficient (Wildman–Crippen LogP) is 5.70. The van der Waals surface area contributed by atoms with Crippen LogP contribution in [0.4, 0.5) is 19.0 Å². The van der Waals surface area contributed by atoms with Gasteiger partial charge in [0, 0.05) is 18.8 Å². The smallest absolute Gasteiger partial charge is 0.406 e. The lowest BCUT2D eigenvalue weighted by Crippen LogP contribution is -2.52. The molecule has 6 rings (SSSR count). The summed E-state index contributed by atoms with van der Waals surface area (Å²) in [7, 11) is 0. The van der Waals surface area contributed by atoms with E-state index in [1.54, 1.807) is 23.0 Å². The first-order valence-corrected chi connectivity index (χ1v) is 11.1. The maximum atomic E-state index is 13.0. The van der Waals surface area contributed by atoms with E-state index in [1.165, 1.54) is 30.7 Å². The number of rotatable bonds is 5. The minimum atomic E-state index is -4.76. The van der Waals surface area contributed by atoms with Crippen molar-refractivity contribution in [3.8, 4) is 16.9 Å². The minimum absolute atomic E-state index is 0.108. The molecule has 2 aromatic heterocycles. The highest BCUT2D eigenvalue weighted by atomic mass is 19.4. The van der Waals surface area contributed by atoms with E-state index in [0.29, 0.717) is 46.3 Å². The van der Waals surface area contributed by atoms with Gasteiger partial charge in [0.1, 0.15) is 5.75 Å². The van der Waals surface area contributed by atoms with Gasteiger partial charge in [-0.3, -0.25) is 4.79 Å². The van der Waals surface area contributed by atoms with Gasteiger partial charge in [-0.25, -0.2) is 9.50 Å². The number of amides is 1. The van der Waals surface area contributed by atoms with Crippen LogP contribution < -0.4 is 10.1 Å². The highest BCUT2D eigenvalue weighted by Crippen LogP contribution is 2.62. The molecule has 1 aromatic carbocycles. The summed E-state index contributed by atoms with van der Waals surface area (Å²) in [6.07, 6.45) is 2.40. The largest absolute Gasteiger partial charge is 0.573 e. The number of carbonyl (C=O) groups excluding carboxylic acids is 1. The van der Waals surface area contributed by atoms with Gasteiger partial charge in [0.15, 0.2) is 11.5 Å². The number of hydrogen-bond donors (Lipinski definition) is 1. The van der Waals surface area contributed by atoms with Crippen LogP contribution in [0.2, 0.25) is 0 Å².